The molecule has 0 amide bonds. The number of benzene rings is 2. The first-order valence-corrected chi connectivity index (χ1v) is 9.61. The number of nitrogens with one attached hydrogen (secondary N) is 1. The number of fused-ring (bicyclic) bond motifs is 1. The van der Waals surface area contributed by atoms with Gasteiger partial charge in [-0.05, 0) is 41.3 Å². The van der Waals surface area contributed by atoms with Crippen LogP contribution in [-0.2, 0) is 13.0 Å². The number of ether oxygens (including phenoxy) is 2. The van der Waals surface area contributed by atoms with Crippen LogP contribution in [-0.4, -0.2) is 17.1 Å². The van der Waals surface area contributed by atoms with Crippen LogP contribution in [0.25, 0.3) is 22.2 Å². The van der Waals surface area contributed by atoms with Crippen LogP contribution in [0.4, 0.5) is 4.39 Å². The number of hydrogen-bond donors (Lipinski definition) is 1. The van der Waals surface area contributed by atoms with Gasteiger partial charge in [0, 0.05) is 11.6 Å². The second kappa shape index (κ2) is 8.43. The maximum Gasteiger partial charge on any atom is 0.337 e. The Hall–Kier alpha value is -3.94. The number of H-pyrrole nitrogens is 1. The van der Waals surface area contributed by atoms with Gasteiger partial charge in [0.2, 0.25) is 5.71 Å². The number of halogens is 1. The van der Waals surface area contributed by atoms with Gasteiger partial charge < -0.3 is 13.9 Å². The van der Waals surface area contributed by atoms with Gasteiger partial charge in [0.1, 0.15) is 23.6 Å². The highest BCUT2D eigenvalue weighted by Gasteiger charge is 2.13. The number of nitrogens with zero attached hydrogens (tertiary/aromatic N) is 1. The zero-order valence-electron chi connectivity index (χ0n) is 16.9. The molecule has 1 N–H and O–H groups in total. The van der Waals surface area contributed by atoms with Crippen molar-refractivity contribution < 1.29 is 18.3 Å². The van der Waals surface area contributed by atoms with Crippen LogP contribution in [0.1, 0.15) is 18.1 Å². The van der Waals surface area contributed by atoms with Crippen molar-refractivity contribution in [3.63, 3.8) is 0 Å². The lowest BCUT2D eigenvalue weighted by molar-refractivity contribution is 0.274. The van der Waals surface area contributed by atoms with E-state index in [4.69, 9.17) is 13.9 Å². The summed E-state index contributed by atoms with van der Waals surface area (Å²) in [5.41, 5.74) is 1.10. The van der Waals surface area contributed by atoms with Crippen LogP contribution in [0, 0.1) is 5.82 Å². The second-order valence-electron chi connectivity index (χ2n) is 6.82. The molecule has 8 heteroatoms. The quantitative estimate of drug-likeness (QED) is 0.508. The van der Waals surface area contributed by atoms with E-state index in [1.807, 2.05) is 31.2 Å². The third kappa shape index (κ3) is 4.18. The van der Waals surface area contributed by atoms with Crippen molar-refractivity contribution in [2.75, 3.05) is 7.11 Å². The van der Waals surface area contributed by atoms with E-state index >= 15 is 0 Å². The van der Waals surface area contributed by atoms with Crippen LogP contribution < -0.4 is 20.7 Å². The summed E-state index contributed by atoms with van der Waals surface area (Å²) in [6, 6.07) is 13.2. The highest BCUT2D eigenvalue weighted by Crippen LogP contribution is 2.26. The zero-order chi connectivity index (χ0) is 22.0. The average molecular weight is 422 g/mol. The lowest BCUT2D eigenvalue weighted by Gasteiger charge is -2.09. The Bertz CT molecular complexity index is 1380. The molecule has 0 aliphatic carbocycles. The molecule has 0 unspecified atom stereocenters. The maximum absolute atomic E-state index is 14.6. The Balaban J connectivity index is 1.58. The van der Waals surface area contributed by atoms with Crippen LogP contribution in [0.3, 0.4) is 0 Å². The van der Waals surface area contributed by atoms with Crippen molar-refractivity contribution in [1.29, 1.82) is 0 Å². The highest BCUT2D eigenvalue weighted by atomic mass is 19.1. The summed E-state index contributed by atoms with van der Waals surface area (Å²) in [6.07, 6.45) is 0.470. The fraction of sp³-hybridized carbons (Fsp3) is 0.174. The van der Waals surface area contributed by atoms with Crippen LogP contribution in [0.5, 0.6) is 11.8 Å². The van der Waals surface area contributed by atoms with Crippen molar-refractivity contribution in [2.45, 2.75) is 20.0 Å². The number of methoxy groups -OCH3 is 1. The van der Waals surface area contributed by atoms with Gasteiger partial charge in [-0.1, -0.05) is 31.2 Å². The molecule has 0 fully saturated rings. The largest absolute Gasteiger partial charge is 0.497 e. The number of hydrogen-bond acceptors (Lipinski definition) is 6. The van der Waals surface area contributed by atoms with E-state index in [1.54, 1.807) is 19.2 Å². The van der Waals surface area contributed by atoms with Crippen LogP contribution in [0.15, 0.2) is 62.5 Å². The van der Waals surface area contributed by atoms with E-state index in [-0.39, 0.29) is 29.3 Å². The molecule has 0 radical (unpaired) electrons. The summed E-state index contributed by atoms with van der Waals surface area (Å²) in [5, 5.41) is 0.197. The van der Waals surface area contributed by atoms with Gasteiger partial charge >= 0.3 is 5.63 Å². The molecule has 4 aromatic rings. The molecular formula is C23H19FN2O5. The summed E-state index contributed by atoms with van der Waals surface area (Å²) < 4.78 is 30.3. The highest BCUT2D eigenvalue weighted by molar-refractivity contribution is 5.75. The molecule has 0 aliphatic rings. The predicted octanol–water partition coefficient (Wildman–Crippen LogP) is 3.83. The lowest BCUT2D eigenvalue weighted by Crippen LogP contribution is -2.15. The molecule has 0 saturated carbocycles. The van der Waals surface area contributed by atoms with Gasteiger partial charge in [-0.3, -0.25) is 9.78 Å². The number of aromatic amines is 1. The smallest absolute Gasteiger partial charge is 0.337 e. The molecule has 4 rings (SSSR count). The number of aryl methyl sites for hydroxylation is 1. The zero-order valence-corrected chi connectivity index (χ0v) is 16.9. The average Bonchev–Trinajstić information content (AvgIpc) is 2.77. The predicted molar refractivity (Wildman–Crippen MR) is 113 cm³/mol. The molecule has 2 aromatic heterocycles. The Morgan fingerprint density at radius 1 is 1.06 bits per heavy atom. The molecular weight excluding hydrogens is 403 g/mol. The Kier molecular flexibility index (Phi) is 5.53. The van der Waals surface area contributed by atoms with Gasteiger partial charge in [-0.2, -0.15) is 4.98 Å². The van der Waals surface area contributed by atoms with Gasteiger partial charge in [0.05, 0.1) is 7.11 Å². The molecule has 0 bridgehead atoms. The monoisotopic (exact) mass is 422 g/mol. The SMILES string of the molecule is CCc1cc(=O)oc2nc(OCc3ccc(-c4cccc(OC)c4)cc3F)[nH]c(=O)c12. The third-order valence-corrected chi connectivity index (χ3v) is 4.88. The number of rotatable bonds is 6. The van der Waals surface area contributed by atoms with Gasteiger partial charge in [-0.25, -0.2) is 9.18 Å². The van der Waals surface area contributed by atoms with Gasteiger partial charge in [-0.15, -0.1) is 0 Å². The van der Waals surface area contributed by atoms with Crippen molar-refractivity contribution in [3.8, 4) is 22.9 Å². The minimum Gasteiger partial charge on any atom is -0.497 e. The van der Waals surface area contributed by atoms with Crippen LogP contribution >= 0.6 is 0 Å². The molecule has 0 saturated heterocycles. The molecule has 2 heterocycles. The van der Waals surface area contributed by atoms with Crippen molar-refractivity contribution in [1.82, 2.24) is 9.97 Å². The third-order valence-electron chi connectivity index (χ3n) is 4.88. The van der Waals surface area contributed by atoms with E-state index in [1.165, 1.54) is 12.1 Å². The lowest BCUT2D eigenvalue weighted by atomic mass is 10.0. The standard InChI is InChI=1S/C23H19FN2O5/c1-3-13-11-19(27)31-22-20(13)21(28)25-23(26-22)30-12-16-8-7-15(10-18(16)24)14-5-4-6-17(9-14)29-2/h4-11H,3,12H2,1-2H3,(H,25,26,28). The molecule has 31 heavy (non-hydrogen) atoms. The Labute approximate surface area is 176 Å². The van der Waals surface area contributed by atoms with Gasteiger partial charge in [0.15, 0.2) is 0 Å². The fourth-order valence-corrected chi connectivity index (χ4v) is 3.27. The summed E-state index contributed by atoms with van der Waals surface area (Å²) in [6.45, 7) is 1.65. The Morgan fingerprint density at radius 2 is 1.87 bits per heavy atom. The summed E-state index contributed by atoms with van der Waals surface area (Å²) in [7, 11) is 1.57. The molecule has 158 valence electrons. The van der Waals surface area contributed by atoms with Crippen molar-refractivity contribution in [3.05, 3.63) is 86.2 Å². The summed E-state index contributed by atoms with van der Waals surface area (Å²) in [4.78, 5) is 30.6. The van der Waals surface area contributed by atoms with Gasteiger partial charge in [0.25, 0.3) is 11.6 Å². The fourth-order valence-electron chi connectivity index (χ4n) is 3.27. The molecule has 7 nitrogen and oxygen atoms in total. The summed E-state index contributed by atoms with van der Waals surface area (Å²) >= 11 is 0. The normalized spacial score (nSPS) is 10.9. The first-order valence-electron chi connectivity index (χ1n) is 9.61. The second-order valence-corrected chi connectivity index (χ2v) is 6.82. The Morgan fingerprint density at radius 3 is 2.61 bits per heavy atom. The molecule has 0 atom stereocenters. The molecule has 0 aliphatic heterocycles. The van der Waals surface area contributed by atoms with E-state index in [2.05, 4.69) is 9.97 Å². The maximum atomic E-state index is 14.6. The van der Waals surface area contributed by atoms with E-state index in [9.17, 15) is 14.0 Å². The first kappa shape index (κ1) is 20.3. The van der Waals surface area contributed by atoms with Crippen LogP contribution in [0.2, 0.25) is 0 Å². The summed E-state index contributed by atoms with van der Waals surface area (Å²) in [5.74, 6) is 0.206. The molecule has 0 spiro atoms. The minimum atomic E-state index is -0.604. The van der Waals surface area contributed by atoms with Crippen molar-refractivity contribution in [2.24, 2.45) is 0 Å². The van der Waals surface area contributed by atoms with E-state index in [0.29, 0.717) is 23.3 Å². The number of aromatic nitrogens is 2. The first-order chi connectivity index (χ1) is 15.0. The topological polar surface area (TPSA) is 94.4 Å². The minimum absolute atomic E-state index is 0.114. The molecule has 2 aromatic carbocycles. The van der Waals surface area contributed by atoms with E-state index < -0.39 is 17.0 Å². The van der Waals surface area contributed by atoms with E-state index in [0.717, 1.165) is 5.56 Å². The van der Waals surface area contributed by atoms with Crippen molar-refractivity contribution >= 4 is 11.1 Å².